The lowest BCUT2D eigenvalue weighted by Crippen LogP contribution is -2.33. The molecule has 88 valence electrons. The Kier molecular flexibility index (Phi) is 3.94. The van der Waals surface area contributed by atoms with Crippen molar-refractivity contribution in [2.75, 3.05) is 13.1 Å². The minimum atomic E-state index is -0.124. The monoisotopic (exact) mass is 221 g/mol. The predicted molar refractivity (Wildman–Crippen MR) is 64.7 cm³/mol. The van der Waals surface area contributed by atoms with Crippen molar-refractivity contribution >= 4 is 0 Å². The summed E-state index contributed by atoms with van der Waals surface area (Å²) in [5.74, 6) is 0.782. The van der Waals surface area contributed by atoms with Gasteiger partial charge < -0.3 is 0 Å². The molecule has 0 amide bonds. The maximum absolute atomic E-state index is 13.0. The van der Waals surface area contributed by atoms with Crippen LogP contribution < -0.4 is 0 Å². The van der Waals surface area contributed by atoms with Gasteiger partial charge in [-0.05, 0) is 49.5 Å². The zero-order chi connectivity index (χ0) is 11.4. The van der Waals surface area contributed by atoms with Gasteiger partial charge in [-0.2, -0.15) is 0 Å². The van der Waals surface area contributed by atoms with Crippen LogP contribution >= 0.6 is 0 Å². The summed E-state index contributed by atoms with van der Waals surface area (Å²) in [6.45, 7) is 5.49. The minimum Gasteiger partial charge on any atom is -0.299 e. The van der Waals surface area contributed by atoms with Crippen LogP contribution in [0.5, 0.6) is 0 Å². The van der Waals surface area contributed by atoms with Gasteiger partial charge in [0.05, 0.1) is 0 Å². The van der Waals surface area contributed by atoms with Crippen molar-refractivity contribution < 1.29 is 4.39 Å². The molecule has 0 bridgehead atoms. The Morgan fingerprint density at radius 3 is 2.69 bits per heavy atom. The highest BCUT2D eigenvalue weighted by Crippen LogP contribution is 2.21. The molecule has 2 heteroatoms. The fourth-order valence-corrected chi connectivity index (χ4v) is 2.45. The second kappa shape index (κ2) is 5.44. The molecule has 0 N–H and O–H groups in total. The molecular weight excluding hydrogens is 201 g/mol. The van der Waals surface area contributed by atoms with E-state index in [9.17, 15) is 4.39 Å². The van der Waals surface area contributed by atoms with Gasteiger partial charge in [0.15, 0.2) is 0 Å². The number of benzene rings is 1. The van der Waals surface area contributed by atoms with E-state index in [0.717, 1.165) is 31.1 Å². The van der Waals surface area contributed by atoms with E-state index < -0.39 is 0 Å². The quantitative estimate of drug-likeness (QED) is 0.755. The lowest BCUT2D eigenvalue weighted by molar-refractivity contribution is 0.175. The number of halogens is 1. The molecule has 1 heterocycles. The van der Waals surface area contributed by atoms with Crippen LogP contribution in [-0.2, 0) is 6.54 Å². The molecule has 1 fully saturated rings. The van der Waals surface area contributed by atoms with Gasteiger partial charge in [0.2, 0.25) is 0 Å². The van der Waals surface area contributed by atoms with Crippen molar-refractivity contribution in [3.05, 3.63) is 35.6 Å². The molecule has 0 spiro atoms. The van der Waals surface area contributed by atoms with Gasteiger partial charge >= 0.3 is 0 Å². The first-order valence-electron chi connectivity index (χ1n) is 6.24. The van der Waals surface area contributed by atoms with Crippen LogP contribution in [0.15, 0.2) is 24.3 Å². The molecule has 1 saturated heterocycles. The molecule has 16 heavy (non-hydrogen) atoms. The topological polar surface area (TPSA) is 3.24 Å². The van der Waals surface area contributed by atoms with E-state index in [0.29, 0.717) is 0 Å². The van der Waals surface area contributed by atoms with E-state index in [1.165, 1.54) is 25.3 Å². The fraction of sp³-hybridized carbons (Fsp3) is 0.571. The molecule has 0 aromatic heterocycles. The van der Waals surface area contributed by atoms with Crippen LogP contribution in [0.1, 0.15) is 31.7 Å². The molecule has 1 aromatic rings. The summed E-state index contributed by atoms with van der Waals surface area (Å²) < 4.78 is 13.0. The highest BCUT2D eigenvalue weighted by atomic mass is 19.1. The molecule has 0 saturated carbocycles. The van der Waals surface area contributed by atoms with Gasteiger partial charge in [-0.15, -0.1) is 0 Å². The van der Waals surface area contributed by atoms with E-state index in [1.54, 1.807) is 12.1 Å². The van der Waals surface area contributed by atoms with Gasteiger partial charge in [0, 0.05) is 6.54 Å². The Morgan fingerprint density at radius 1 is 1.31 bits per heavy atom. The van der Waals surface area contributed by atoms with Gasteiger partial charge in [0.25, 0.3) is 0 Å². The summed E-state index contributed by atoms with van der Waals surface area (Å²) in [5, 5.41) is 0. The third kappa shape index (κ3) is 3.05. The molecule has 0 unspecified atom stereocenters. The summed E-state index contributed by atoms with van der Waals surface area (Å²) in [7, 11) is 0. The lowest BCUT2D eigenvalue weighted by Gasteiger charge is -2.31. The normalized spacial score (nSPS) is 18.9. The molecule has 1 aromatic carbocycles. The maximum Gasteiger partial charge on any atom is 0.123 e. The highest BCUT2D eigenvalue weighted by Gasteiger charge is 2.17. The van der Waals surface area contributed by atoms with Crippen LogP contribution in [0.25, 0.3) is 0 Å². The average Bonchev–Trinajstić information content (AvgIpc) is 2.30. The van der Waals surface area contributed by atoms with Crippen molar-refractivity contribution in [3.63, 3.8) is 0 Å². The summed E-state index contributed by atoms with van der Waals surface area (Å²) in [6.07, 6.45) is 3.89. The molecule has 0 atom stereocenters. The van der Waals surface area contributed by atoms with Gasteiger partial charge in [0.1, 0.15) is 5.82 Å². The van der Waals surface area contributed by atoms with Crippen molar-refractivity contribution in [1.29, 1.82) is 0 Å². The van der Waals surface area contributed by atoms with Crippen LogP contribution in [0.3, 0.4) is 0 Å². The smallest absolute Gasteiger partial charge is 0.123 e. The molecule has 2 rings (SSSR count). The highest BCUT2D eigenvalue weighted by molar-refractivity contribution is 5.16. The molecule has 1 nitrogen and oxygen atoms in total. The molecule has 1 aliphatic heterocycles. The molecule has 1 aliphatic rings. The zero-order valence-corrected chi connectivity index (χ0v) is 9.95. The first-order chi connectivity index (χ1) is 7.78. The third-order valence-electron chi connectivity index (χ3n) is 3.58. The van der Waals surface area contributed by atoms with Gasteiger partial charge in [-0.3, -0.25) is 4.90 Å². The van der Waals surface area contributed by atoms with Crippen molar-refractivity contribution in [2.24, 2.45) is 5.92 Å². The summed E-state index contributed by atoms with van der Waals surface area (Å²) in [4.78, 5) is 2.43. The third-order valence-corrected chi connectivity index (χ3v) is 3.58. The van der Waals surface area contributed by atoms with Crippen molar-refractivity contribution in [3.8, 4) is 0 Å². The first-order valence-corrected chi connectivity index (χ1v) is 6.24. The van der Waals surface area contributed by atoms with E-state index in [-0.39, 0.29) is 5.82 Å². The van der Waals surface area contributed by atoms with Gasteiger partial charge in [-0.1, -0.05) is 25.5 Å². The number of hydrogen-bond acceptors (Lipinski definition) is 1. The van der Waals surface area contributed by atoms with Crippen molar-refractivity contribution in [2.45, 2.75) is 32.7 Å². The molecule has 0 aliphatic carbocycles. The average molecular weight is 221 g/mol. The second-order valence-electron chi connectivity index (χ2n) is 4.76. The summed E-state index contributed by atoms with van der Waals surface area (Å²) in [5.41, 5.74) is 1.09. The van der Waals surface area contributed by atoms with Crippen LogP contribution in [0, 0.1) is 11.7 Å². The molecular formula is C14H20FN. The number of piperidine rings is 1. The number of likely N-dealkylation sites (tertiary alicyclic amines) is 1. The minimum absolute atomic E-state index is 0.124. The Hall–Kier alpha value is -0.890. The Morgan fingerprint density at radius 2 is 2.06 bits per heavy atom. The first kappa shape index (κ1) is 11.6. The Bertz CT molecular complexity index is 329. The number of rotatable bonds is 3. The Balaban J connectivity index is 1.87. The number of hydrogen-bond donors (Lipinski definition) is 0. The predicted octanol–water partition coefficient (Wildman–Crippen LogP) is 3.45. The lowest BCUT2D eigenvalue weighted by atomic mass is 9.94. The largest absolute Gasteiger partial charge is 0.299 e. The summed E-state index contributed by atoms with van der Waals surface area (Å²) in [6, 6.07) is 6.96. The van der Waals surface area contributed by atoms with E-state index in [2.05, 4.69) is 11.8 Å². The standard InChI is InChI=1S/C14H20FN/c1-2-12-6-8-16(9-7-12)11-13-4-3-5-14(15)10-13/h3-5,10,12H,2,6-9,11H2,1H3. The van der Waals surface area contributed by atoms with Crippen LogP contribution in [0.2, 0.25) is 0 Å². The number of nitrogens with zero attached hydrogens (tertiary/aromatic N) is 1. The Labute approximate surface area is 97.3 Å². The maximum atomic E-state index is 13.0. The van der Waals surface area contributed by atoms with Crippen LogP contribution in [0.4, 0.5) is 4.39 Å². The van der Waals surface area contributed by atoms with Crippen LogP contribution in [-0.4, -0.2) is 18.0 Å². The van der Waals surface area contributed by atoms with E-state index >= 15 is 0 Å². The van der Waals surface area contributed by atoms with E-state index in [1.807, 2.05) is 6.07 Å². The fourth-order valence-electron chi connectivity index (χ4n) is 2.45. The van der Waals surface area contributed by atoms with Gasteiger partial charge in [-0.25, -0.2) is 4.39 Å². The van der Waals surface area contributed by atoms with E-state index in [4.69, 9.17) is 0 Å². The zero-order valence-electron chi connectivity index (χ0n) is 9.95. The molecule has 0 radical (unpaired) electrons. The summed E-state index contributed by atoms with van der Waals surface area (Å²) >= 11 is 0. The van der Waals surface area contributed by atoms with Crippen molar-refractivity contribution in [1.82, 2.24) is 4.90 Å². The SMILES string of the molecule is CCC1CCN(Cc2cccc(F)c2)CC1. The second-order valence-corrected chi connectivity index (χ2v) is 4.76.